The van der Waals surface area contributed by atoms with E-state index in [1.165, 1.54) is 0 Å². The first-order chi connectivity index (χ1) is 11.7. The summed E-state index contributed by atoms with van der Waals surface area (Å²) in [5.74, 6) is 0.767. The van der Waals surface area contributed by atoms with Crippen molar-refractivity contribution in [2.45, 2.75) is 44.9 Å². The SMILES string of the molecule is C=CNC1CCC=C/C1=C\OCCCOC1=C(CC)NC(N)N=C1. The van der Waals surface area contributed by atoms with E-state index >= 15 is 0 Å². The van der Waals surface area contributed by atoms with E-state index in [2.05, 4.69) is 41.3 Å². The summed E-state index contributed by atoms with van der Waals surface area (Å²) >= 11 is 0. The maximum atomic E-state index is 5.76. The molecule has 2 unspecified atom stereocenters. The molecule has 0 spiro atoms. The molecule has 1 aliphatic carbocycles. The lowest BCUT2D eigenvalue weighted by atomic mass is 9.97. The Balaban J connectivity index is 1.70. The minimum absolute atomic E-state index is 0.287. The van der Waals surface area contributed by atoms with Gasteiger partial charge in [0.05, 0.1) is 37.4 Å². The number of hydrogen-bond acceptors (Lipinski definition) is 6. The van der Waals surface area contributed by atoms with Crippen LogP contribution in [0, 0.1) is 0 Å². The van der Waals surface area contributed by atoms with Gasteiger partial charge in [0, 0.05) is 12.0 Å². The van der Waals surface area contributed by atoms with Crippen molar-refractivity contribution in [1.29, 1.82) is 0 Å². The molecule has 0 amide bonds. The summed E-state index contributed by atoms with van der Waals surface area (Å²) in [6, 6.07) is 0.287. The van der Waals surface area contributed by atoms with Crippen LogP contribution in [0.1, 0.15) is 32.6 Å². The Morgan fingerprint density at radius 3 is 3.17 bits per heavy atom. The third-order valence-electron chi connectivity index (χ3n) is 3.86. The standard InChI is InChI=1S/C18H28N4O2/c1-3-15-17(12-21-18(19)22-15)24-11-7-10-23-13-14-8-5-6-9-16(14)20-4-2/h4-5,8,12-13,16,18,20,22H,2-3,6-7,9-11,19H2,1H3/b14-13+. The quantitative estimate of drug-likeness (QED) is 0.446. The molecule has 2 atom stereocenters. The first-order valence-corrected chi connectivity index (χ1v) is 8.51. The third kappa shape index (κ3) is 5.45. The number of allylic oxidation sites excluding steroid dienone is 3. The first-order valence-electron chi connectivity index (χ1n) is 8.51. The molecular weight excluding hydrogens is 304 g/mol. The van der Waals surface area contributed by atoms with Crippen LogP contribution in [-0.2, 0) is 9.47 Å². The van der Waals surface area contributed by atoms with Crippen molar-refractivity contribution in [3.63, 3.8) is 0 Å². The number of nitrogens with two attached hydrogens (primary N) is 1. The normalized spacial score (nSPS) is 24.7. The van der Waals surface area contributed by atoms with Crippen molar-refractivity contribution in [2.24, 2.45) is 10.7 Å². The zero-order chi connectivity index (χ0) is 17.2. The van der Waals surface area contributed by atoms with E-state index in [4.69, 9.17) is 15.2 Å². The van der Waals surface area contributed by atoms with Crippen LogP contribution in [0.3, 0.4) is 0 Å². The number of rotatable bonds is 9. The first kappa shape index (κ1) is 18.1. The molecule has 2 rings (SSSR count). The summed E-state index contributed by atoms with van der Waals surface area (Å²) in [5, 5.41) is 6.35. The maximum absolute atomic E-state index is 5.76. The van der Waals surface area contributed by atoms with Gasteiger partial charge in [-0.1, -0.05) is 25.7 Å². The molecule has 0 aromatic carbocycles. The Kier molecular flexibility index (Phi) is 7.42. The number of aliphatic imine (C=N–C) groups is 1. The van der Waals surface area contributed by atoms with Gasteiger partial charge >= 0.3 is 0 Å². The summed E-state index contributed by atoms with van der Waals surface area (Å²) in [7, 11) is 0. The highest BCUT2D eigenvalue weighted by Gasteiger charge is 2.14. The molecule has 24 heavy (non-hydrogen) atoms. The number of ether oxygens (including phenoxy) is 2. The van der Waals surface area contributed by atoms with Crippen molar-refractivity contribution in [3.05, 3.63) is 48.2 Å². The van der Waals surface area contributed by atoms with E-state index in [0.29, 0.717) is 13.2 Å². The molecule has 6 heteroatoms. The second kappa shape index (κ2) is 9.82. The molecule has 0 radical (unpaired) electrons. The van der Waals surface area contributed by atoms with Gasteiger partial charge in [-0.25, -0.2) is 0 Å². The van der Waals surface area contributed by atoms with Crippen LogP contribution in [-0.4, -0.2) is 31.8 Å². The fourth-order valence-corrected chi connectivity index (χ4v) is 2.60. The summed E-state index contributed by atoms with van der Waals surface area (Å²) in [5.41, 5.74) is 7.86. The van der Waals surface area contributed by atoms with E-state index in [1.807, 2.05) is 6.26 Å². The van der Waals surface area contributed by atoms with E-state index in [9.17, 15) is 0 Å². The van der Waals surface area contributed by atoms with Crippen molar-refractivity contribution in [3.8, 4) is 0 Å². The molecule has 0 fully saturated rings. The van der Waals surface area contributed by atoms with Crippen LogP contribution >= 0.6 is 0 Å². The molecule has 0 saturated heterocycles. The van der Waals surface area contributed by atoms with Gasteiger partial charge in [0.1, 0.15) is 0 Å². The molecule has 132 valence electrons. The van der Waals surface area contributed by atoms with Crippen molar-refractivity contribution in [1.82, 2.24) is 10.6 Å². The van der Waals surface area contributed by atoms with Gasteiger partial charge in [-0.05, 0) is 25.5 Å². The zero-order valence-corrected chi connectivity index (χ0v) is 14.3. The lowest BCUT2D eigenvalue weighted by molar-refractivity contribution is 0.171. The van der Waals surface area contributed by atoms with Crippen molar-refractivity contribution >= 4 is 6.21 Å². The Morgan fingerprint density at radius 2 is 2.38 bits per heavy atom. The van der Waals surface area contributed by atoms with Gasteiger partial charge in [0.2, 0.25) is 0 Å². The molecule has 2 aliphatic rings. The summed E-state index contributed by atoms with van der Waals surface area (Å²) in [6.45, 7) is 6.96. The molecule has 0 bridgehead atoms. The molecule has 4 N–H and O–H groups in total. The lowest BCUT2D eigenvalue weighted by Crippen LogP contribution is -2.38. The van der Waals surface area contributed by atoms with Crippen LogP contribution in [0.5, 0.6) is 0 Å². The molecule has 0 aromatic heterocycles. The highest BCUT2D eigenvalue weighted by molar-refractivity contribution is 5.78. The highest BCUT2D eigenvalue weighted by Crippen LogP contribution is 2.17. The topological polar surface area (TPSA) is 80.9 Å². The zero-order valence-electron chi connectivity index (χ0n) is 14.3. The molecule has 1 aliphatic heterocycles. The number of hydrogen-bond donors (Lipinski definition) is 3. The van der Waals surface area contributed by atoms with Crippen LogP contribution in [0.15, 0.2) is 53.2 Å². The second-order valence-corrected chi connectivity index (χ2v) is 5.66. The number of nitrogens with one attached hydrogen (secondary N) is 2. The van der Waals surface area contributed by atoms with E-state index in [1.54, 1.807) is 12.4 Å². The van der Waals surface area contributed by atoms with Crippen LogP contribution in [0.4, 0.5) is 0 Å². The predicted octanol–water partition coefficient (Wildman–Crippen LogP) is 2.28. The molecule has 6 nitrogen and oxygen atoms in total. The van der Waals surface area contributed by atoms with E-state index in [-0.39, 0.29) is 12.3 Å². The van der Waals surface area contributed by atoms with Crippen LogP contribution < -0.4 is 16.4 Å². The fraction of sp³-hybridized carbons (Fsp3) is 0.500. The van der Waals surface area contributed by atoms with Gasteiger partial charge in [0.25, 0.3) is 0 Å². The minimum atomic E-state index is -0.372. The Morgan fingerprint density at radius 1 is 1.50 bits per heavy atom. The summed E-state index contributed by atoms with van der Waals surface area (Å²) in [4.78, 5) is 4.11. The van der Waals surface area contributed by atoms with Gasteiger partial charge in [-0.3, -0.25) is 10.7 Å². The highest BCUT2D eigenvalue weighted by atomic mass is 16.5. The van der Waals surface area contributed by atoms with Gasteiger partial charge in [0.15, 0.2) is 12.0 Å². The lowest BCUT2D eigenvalue weighted by Gasteiger charge is -2.21. The van der Waals surface area contributed by atoms with Crippen molar-refractivity contribution < 1.29 is 9.47 Å². The summed E-state index contributed by atoms with van der Waals surface area (Å²) in [6.07, 6.45) is 12.9. The summed E-state index contributed by atoms with van der Waals surface area (Å²) < 4.78 is 11.4. The Labute approximate surface area is 144 Å². The monoisotopic (exact) mass is 332 g/mol. The maximum Gasteiger partial charge on any atom is 0.171 e. The predicted molar refractivity (Wildman–Crippen MR) is 97.0 cm³/mol. The van der Waals surface area contributed by atoms with Gasteiger partial charge < -0.3 is 20.1 Å². The Bertz CT molecular complexity index is 537. The molecular formula is C18H28N4O2. The van der Waals surface area contributed by atoms with E-state index in [0.717, 1.165) is 42.7 Å². The largest absolute Gasteiger partial charge is 0.501 e. The smallest absolute Gasteiger partial charge is 0.171 e. The molecule has 0 saturated carbocycles. The molecule has 1 heterocycles. The number of nitrogens with zero attached hydrogens (tertiary/aromatic N) is 1. The van der Waals surface area contributed by atoms with Crippen LogP contribution in [0.25, 0.3) is 0 Å². The molecule has 0 aromatic rings. The Hall–Kier alpha value is -2.21. The average Bonchev–Trinajstić information content (AvgIpc) is 2.60. The van der Waals surface area contributed by atoms with Gasteiger partial charge in [-0.15, -0.1) is 0 Å². The van der Waals surface area contributed by atoms with E-state index < -0.39 is 0 Å². The minimum Gasteiger partial charge on any atom is -0.501 e. The fourth-order valence-electron chi connectivity index (χ4n) is 2.60. The van der Waals surface area contributed by atoms with Gasteiger partial charge in [-0.2, -0.15) is 0 Å². The second-order valence-electron chi connectivity index (χ2n) is 5.66. The van der Waals surface area contributed by atoms with Crippen molar-refractivity contribution in [2.75, 3.05) is 13.2 Å². The van der Waals surface area contributed by atoms with Crippen LogP contribution in [0.2, 0.25) is 0 Å². The third-order valence-corrected chi connectivity index (χ3v) is 3.86. The average molecular weight is 332 g/mol.